The number of carbonyl (C=O) groups excluding carboxylic acids is 1. The van der Waals surface area contributed by atoms with Crippen molar-refractivity contribution in [2.24, 2.45) is 0 Å². The molecule has 0 saturated heterocycles. The van der Waals surface area contributed by atoms with Gasteiger partial charge in [-0.1, -0.05) is 12.1 Å². The van der Waals surface area contributed by atoms with Gasteiger partial charge in [0.1, 0.15) is 5.76 Å². The molecule has 1 aromatic rings. The van der Waals surface area contributed by atoms with Crippen LogP contribution in [0.5, 0.6) is 0 Å². The molecule has 0 bridgehead atoms. The number of rotatable bonds is 3. The molecular formula is C18H17NO4. The number of carboxylic acid groups (broad SMARTS) is 1. The maximum atomic E-state index is 12.3. The number of allylic oxidation sites excluding steroid dienone is 4. The molecule has 118 valence electrons. The Morgan fingerprint density at radius 2 is 2.00 bits per heavy atom. The molecule has 5 nitrogen and oxygen atoms in total. The number of fused-ring (bicyclic) bond motifs is 1. The minimum absolute atomic E-state index is 0.0378. The second-order valence-electron chi connectivity index (χ2n) is 5.62. The van der Waals surface area contributed by atoms with Gasteiger partial charge in [-0.05, 0) is 29.8 Å². The molecule has 1 aliphatic carbocycles. The fourth-order valence-electron chi connectivity index (χ4n) is 2.87. The molecule has 5 heteroatoms. The van der Waals surface area contributed by atoms with E-state index in [1.54, 1.807) is 31.4 Å². The molecule has 0 saturated carbocycles. The van der Waals surface area contributed by atoms with Crippen LogP contribution in [0.15, 0.2) is 59.5 Å². The molecule has 0 amide bonds. The maximum absolute atomic E-state index is 12.3. The van der Waals surface area contributed by atoms with Gasteiger partial charge >= 0.3 is 5.97 Å². The highest BCUT2D eigenvalue weighted by atomic mass is 16.5. The molecule has 0 fully saturated rings. The van der Waals surface area contributed by atoms with E-state index in [0.29, 0.717) is 11.3 Å². The number of likely N-dealkylation sites (N-methyl/N-ethyl adjacent to an activating group) is 1. The van der Waals surface area contributed by atoms with E-state index >= 15 is 0 Å². The number of ketones is 1. The van der Waals surface area contributed by atoms with E-state index in [2.05, 4.69) is 0 Å². The van der Waals surface area contributed by atoms with Gasteiger partial charge in [0.2, 0.25) is 0 Å². The Kier molecular flexibility index (Phi) is 3.78. The fourth-order valence-corrected chi connectivity index (χ4v) is 2.87. The Morgan fingerprint density at radius 3 is 2.61 bits per heavy atom. The maximum Gasteiger partial charge on any atom is 0.335 e. The van der Waals surface area contributed by atoms with E-state index in [0.717, 1.165) is 11.1 Å². The van der Waals surface area contributed by atoms with Crippen molar-refractivity contribution in [3.8, 4) is 0 Å². The minimum Gasteiger partial charge on any atom is -0.501 e. The van der Waals surface area contributed by atoms with E-state index in [-0.39, 0.29) is 23.8 Å². The van der Waals surface area contributed by atoms with Crippen LogP contribution < -0.4 is 0 Å². The third kappa shape index (κ3) is 2.77. The number of Topliss-reactive ketones (excluding diaryl/α,β-unsaturated/α-hetero) is 1. The molecule has 0 spiro atoms. The molecule has 0 aromatic heterocycles. The van der Waals surface area contributed by atoms with Gasteiger partial charge in [-0.25, -0.2) is 4.79 Å². The first-order chi connectivity index (χ1) is 11.0. The van der Waals surface area contributed by atoms with Gasteiger partial charge in [-0.2, -0.15) is 0 Å². The first-order valence-electron chi connectivity index (χ1n) is 7.26. The van der Waals surface area contributed by atoms with Crippen LogP contribution >= 0.6 is 0 Å². The summed E-state index contributed by atoms with van der Waals surface area (Å²) < 4.78 is 5.19. The Labute approximate surface area is 134 Å². The number of aromatic carboxylic acids is 1. The smallest absolute Gasteiger partial charge is 0.335 e. The Balaban J connectivity index is 1.95. The Bertz CT molecular complexity index is 756. The van der Waals surface area contributed by atoms with Crippen molar-refractivity contribution in [3.05, 3.63) is 70.6 Å². The standard InChI is InChI=1S/C18H17NO4/c1-19-10-13-7-14(23-2)8-17(20)15(13)9-16(19)11-3-5-12(6-4-11)18(21)22/h3-7,9-10,16H,8H2,1-2H3,(H,21,22). The summed E-state index contributed by atoms with van der Waals surface area (Å²) in [6.07, 6.45) is 6.00. The van der Waals surface area contributed by atoms with Crippen molar-refractivity contribution in [3.63, 3.8) is 0 Å². The lowest BCUT2D eigenvalue weighted by Crippen LogP contribution is -2.26. The van der Waals surface area contributed by atoms with E-state index in [1.807, 2.05) is 30.3 Å². The third-order valence-electron chi connectivity index (χ3n) is 4.13. The molecule has 1 unspecified atom stereocenters. The molecule has 1 N–H and O–H groups in total. The lowest BCUT2D eigenvalue weighted by Gasteiger charge is -2.32. The lowest BCUT2D eigenvalue weighted by atomic mass is 9.87. The first kappa shape index (κ1) is 15.1. The van der Waals surface area contributed by atoms with E-state index in [9.17, 15) is 9.59 Å². The fraction of sp³-hybridized carbons (Fsp3) is 0.222. The number of ether oxygens (including phenoxy) is 1. The zero-order valence-corrected chi connectivity index (χ0v) is 12.9. The molecule has 1 aliphatic heterocycles. The summed E-state index contributed by atoms with van der Waals surface area (Å²) in [6, 6.07) is 6.62. The molecule has 1 atom stereocenters. The topological polar surface area (TPSA) is 66.8 Å². The SMILES string of the molecule is COC1=CC2=CN(C)C(c3ccc(C(=O)O)cc3)C=C2C(=O)C1. The molecule has 2 aliphatic rings. The van der Waals surface area contributed by atoms with Gasteiger partial charge in [0.25, 0.3) is 0 Å². The number of carboxylic acids is 1. The van der Waals surface area contributed by atoms with Crippen LogP contribution in [0.1, 0.15) is 28.4 Å². The molecule has 3 rings (SSSR count). The molecule has 0 radical (unpaired) electrons. The number of hydrogen-bond donors (Lipinski definition) is 1. The van der Waals surface area contributed by atoms with Crippen molar-refractivity contribution in [1.82, 2.24) is 4.90 Å². The van der Waals surface area contributed by atoms with Gasteiger partial charge in [0.15, 0.2) is 5.78 Å². The summed E-state index contributed by atoms with van der Waals surface area (Å²) in [5.41, 5.74) is 2.72. The summed E-state index contributed by atoms with van der Waals surface area (Å²) in [4.78, 5) is 25.2. The number of carbonyl (C=O) groups is 2. The summed E-state index contributed by atoms with van der Waals surface area (Å²) in [5, 5.41) is 8.98. The molecular weight excluding hydrogens is 294 g/mol. The number of benzene rings is 1. The summed E-state index contributed by atoms with van der Waals surface area (Å²) in [6.45, 7) is 0. The first-order valence-corrected chi connectivity index (χ1v) is 7.26. The number of nitrogens with zero attached hydrogens (tertiary/aromatic N) is 1. The van der Waals surface area contributed by atoms with E-state index in [1.165, 1.54) is 0 Å². The van der Waals surface area contributed by atoms with E-state index < -0.39 is 5.97 Å². The van der Waals surface area contributed by atoms with Crippen molar-refractivity contribution in [2.75, 3.05) is 14.2 Å². The molecule has 23 heavy (non-hydrogen) atoms. The van der Waals surface area contributed by atoms with Gasteiger partial charge in [0.05, 0.1) is 25.1 Å². The third-order valence-corrected chi connectivity index (χ3v) is 4.13. The van der Waals surface area contributed by atoms with Crippen LogP contribution in [0, 0.1) is 0 Å². The van der Waals surface area contributed by atoms with Crippen LogP contribution in [-0.2, 0) is 9.53 Å². The van der Waals surface area contributed by atoms with Crippen LogP contribution in [0.4, 0.5) is 0 Å². The monoisotopic (exact) mass is 311 g/mol. The second-order valence-corrected chi connectivity index (χ2v) is 5.62. The number of methoxy groups -OCH3 is 1. The van der Waals surface area contributed by atoms with Crippen molar-refractivity contribution >= 4 is 11.8 Å². The van der Waals surface area contributed by atoms with Gasteiger partial charge < -0.3 is 14.7 Å². The molecule has 1 heterocycles. The van der Waals surface area contributed by atoms with Crippen molar-refractivity contribution in [2.45, 2.75) is 12.5 Å². The average Bonchev–Trinajstić information content (AvgIpc) is 2.54. The Morgan fingerprint density at radius 1 is 1.30 bits per heavy atom. The second kappa shape index (κ2) is 5.76. The predicted molar refractivity (Wildman–Crippen MR) is 84.8 cm³/mol. The predicted octanol–water partition coefficient (Wildman–Crippen LogP) is 2.68. The zero-order valence-electron chi connectivity index (χ0n) is 12.9. The highest BCUT2D eigenvalue weighted by molar-refractivity contribution is 6.03. The largest absolute Gasteiger partial charge is 0.501 e. The van der Waals surface area contributed by atoms with Gasteiger partial charge in [-0.15, -0.1) is 0 Å². The van der Waals surface area contributed by atoms with Gasteiger partial charge in [0, 0.05) is 24.4 Å². The van der Waals surface area contributed by atoms with Crippen molar-refractivity contribution < 1.29 is 19.4 Å². The number of hydrogen-bond acceptors (Lipinski definition) is 4. The van der Waals surface area contributed by atoms with Crippen molar-refractivity contribution in [1.29, 1.82) is 0 Å². The minimum atomic E-state index is -0.950. The normalized spacial score (nSPS) is 20.3. The van der Waals surface area contributed by atoms with Crippen LogP contribution in [0.25, 0.3) is 0 Å². The van der Waals surface area contributed by atoms with Crippen LogP contribution in [-0.4, -0.2) is 35.9 Å². The summed E-state index contributed by atoms with van der Waals surface area (Å²) in [5.74, 6) is -0.249. The zero-order chi connectivity index (χ0) is 16.6. The molecule has 1 aromatic carbocycles. The summed E-state index contributed by atoms with van der Waals surface area (Å²) in [7, 11) is 3.49. The highest BCUT2D eigenvalue weighted by Crippen LogP contribution is 2.35. The quantitative estimate of drug-likeness (QED) is 0.929. The lowest BCUT2D eigenvalue weighted by molar-refractivity contribution is -0.115. The Hall–Kier alpha value is -2.82. The average molecular weight is 311 g/mol. The van der Waals surface area contributed by atoms with Crippen LogP contribution in [0.3, 0.4) is 0 Å². The summed E-state index contributed by atoms with van der Waals surface area (Å²) >= 11 is 0. The highest BCUT2D eigenvalue weighted by Gasteiger charge is 2.28. The van der Waals surface area contributed by atoms with E-state index in [4.69, 9.17) is 9.84 Å². The van der Waals surface area contributed by atoms with Crippen LogP contribution in [0.2, 0.25) is 0 Å². The van der Waals surface area contributed by atoms with Gasteiger partial charge in [-0.3, -0.25) is 4.79 Å².